The zero-order valence-electron chi connectivity index (χ0n) is 5.19. The highest BCUT2D eigenvalue weighted by Gasteiger charge is 1.91. The number of hydrogen-bond donors (Lipinski definition) is 0. The lowest BCUT2D eigenvalue weighted by Crippen LogP contribution is -1.84. The number of rotatable bonds is 0. The van der Waals surface area contributed by atoms with Gasteiger partial charge in [-0.3, -0.25) is 4.85 Å². The lowest BCUT2D eigenvalue weighted by Gasteiger charge is -2.02. The molecule has 0 aliphatic rings. The van der Waals surface area contributed by atoms with E-state index in [9.17, 15) is 5.21 Å². The van der Waals surface area contributed by atoms with Crippen LogP contribution in [-0.2, 0) is 0 Å². The van der Waals surface area contributed by atoms with Crippen LogP contribution in [0.25, 0.3) is 10.9 Å². The number of aromatic nitrogens is 2. The largest absolute Gasteiger partial charge is 0.790 e. The Labute approximate surface area is 57.5 Å². The maximum Gasteiger partial charge on any atom is 0.0631 e. The van der Waals surface area contributed by atoms with E-state index in [4.69, 9.17) is 0 Å². The van der Waals surface area contributed by atoms with Crippen molar-refractivity contribution in [2.45, 2.75) is 0 Å². The van der Waals surface area contributed by atoms with Crippen LogP contribution in [-0.4, -0.2) is 9.94 Å². The molecule has 0 atom stereocenters. The summed E-state index contributed by atoms with van der Waals surface area (Å²) in [6.45, 7) is 0. The van der Waals surface area contributed by atoms with Gasteiger partial charge in [-0.2, -0.15) is 5.10 Å². The van der Waals surface area contributed by atoms with Gasteiger partial charge in [-0.05, 0) is 6.07 Å². The summed E-state index contributed by atoms with van der Waals surface area (Å²) in [7, 11) is 0. The summed E-state index contributed by atoms with van der Waals surface area (Å²) < 4.78 is 0. The first-order valence-electron chi connectivity index (χ1n) is 2.98. The molecule has 3 heteroatoms. The van der Waals surface area contributed by atoms with E-state index < -0.39 is 0 Å². The van der Waals surface area contributed by atoms with Crippen LogP contribution in [0, 0.1) is 5.21 Å². The van der Waals surface area contributed by atoms with Crippen LogP contribution in [0.3, 0.4) is 0 Å². The van der Waals surface area contributed by atoms with Gasteiger partial charge in [0.1, 0.15) is 0 Å². The van der Waals surface area contributed by atoms with E-state index in [0.717, 1.165) is 5.39 Å². The molecule has 0 unspecified atom stereocenters. The zero-order chi connectivity index (χ0) is 6.97. The van der Waals surface area contributed by atoms with Crippen molar-refractivity contribution in [3.8, 4) is 0 Å². The summed E-state index contributed by atoms with van der Waals surface area (Å²) >= 11 is 0. The molecule has 3 nitrogen and oxygen atoms in total. The molecular formula is C7H5N2O-. The van der Waals surface area contributed by atoms with Crippen molar-refractivity contribution >= 4 is 10.9 Å². The maximum absolute atomic E-state index is 10.8. The second kappa shape index (κ2) is 1.73. The molecule has 0 bridgehead atoms. The second-order valence-electron chi connectivity index (χ2n) is 2.08. The molecule has 2 rings (SSSR count). The molecule has 10 heavy (non-hydrogen) atoms. The smallest absolute Gasteiger partial charge is 0.0631 e. The standard InChI is InChI=1S/C7H5N2O/c10-9-7-4-2-1-3-6(7)5-8-9/h1-5H/q-1. The molecule has 2 aromatic rings. The van der Waals surface area contributed by atoms with E-state index in [1.54, 1.807) is 12.3 Å². The monoisotopic (exact) mass is 133 g/mol. The minimum atomic E-state index is 0.620. The quantitative estimate of drug-likeness (QED) is 0.544. The van der Waals surface area contributed by atoms with Crippen LogP contribution in [0.1, 0.15) is 0 Å². The van der Waals surface area contributed by atoms with Gasteiger partial charge in [0.15, 0.2) is 0 Å². The molecule has 0 amide bonds. The van der Waals surface area contributed by atoms with Crippen LogP contribution in [0.2, 0.25) is 0 Å². The molecule has 0 fully saturated rings. The first-order chi connectivity index (χ1) is 4.88. The molecule has 1 aromatic heterocycles. The summed E-state index contributed by atoms with van der Waals surface area (Å²) in [6, 6.07) is 7.30. The number of hydrogen-bond acceptors (Lipinski definition) is 2. The van der Waals surface area contributed by atoms with Crippen LogP contribution < -0.4 is 0 Å². The Balaban J connectivity index is 2.93. The average Bonchev–Trinajstić information content (AvgIpc) is 2.34. The Bertz CT molecular complexity index is 353. The lowest BCUT2D eigenvalue weighted by atomic mass is 10.3. The third kappa shape index (κ3) is 0.572. The molecule has 0 aliphatic heterocycles. The van der Waals surface area contributed by atoms with Crippen LogP contribution in [0.15, 0.2) is 30.5 Å². The normalized spacial score (nSPS) is 10.4. The minimum absolute atomic E-state index is 0.620. The highest BCUT2D eigenvalue weighted by molar-refractivity contribution is 5.78. The molecule has 0 saturated carbocycles. The lowest BCUT2D eigenvalue weighted by molar-refractivity contribution is 0.919. The van der Waals surface area contributed by atoms with Crippen molar-refractivity contribution in [1.82, 2.24) is 9.94 Å². The number of nitrogens with zero attached hydrogens (tertiary/aromatic N) is 2. The third-order valence-electron chi connectivity index (χ3n) is 1.44. The Morgan fingerprint density at radius 3 is 2.90 bits per heavy atom. The fourth-order valence-electron chi connectivity index (χ4n) is 0.948. The maximum atomic E-state index is 10.8. The number of para-hydroxylation sites is 1. The van der Waals surface area contributed by atoms with Crippen molar-refractivity contribution in [2.24, 2.45) is 0 Å². The molecule has 1 heterocycles. The van der Waals surface area contributed by atoms with E-state index in [1.807, 2.05) is 18.2 Å². The van der Waals surface area contributed by atoms with Gasteiger partial charge in [-0.25, -0.2) is 0 Å². The molecule has 0 saturated heterocycles. The van der Waals surface area contributed by atoms with Crippen LogP contribution >= 0.6 is 0 Å². The highest BCUT2D eigenvalue weighted by Crippen LogP contribution is 2.10. The van der Waals surface area contributed by atoms with E-state index in [1.165, 1.54) is 0 Å². The van der Waals surface area contributed by atoms with Gasteiger partial charge in [0.25, 0.3) is 0 Å². The van der Waals surface area contributed by atoms with Crippen molar-refractivity contribution in [1.29, 1.82) is 0 Å². The summed E-state index contributed by atoms with van der Waals surface area (Å²) in [5.74, 6) is 0. The minimum Gasteiger partial charge on any atom is -0.790 e. The third-order valence-corrected chi connectivity index (χ3v) is 1.44. The van der Waals surface area contributed by atoms with E-state index in [-0.39, 0.29) is 0 Å². The van der Waals surface area contributed by atoms with E-state index in [2.05, 4.69) is 5.10 Å². The Hall–Kier alpha value is -1.51. The molecule has 0 spiro atoms. The van der Waals surface area contributed by atoms with Gasteiger partial charge in [0, 0.05) is 5.39 Å². The van der Waals surface area contributed by atoms with Crippen LogP contribution in [0.5, 0.6) is 0 Å². The van der Waals surface area contributed by atoms with Crippen molar-refractivity contribution in [2.75, 3.05) is 0 Å². The van der Waals surface area contributed by atoms with E-state index in [0.29, 0.717) is 10.4 Å². The van der Waals surface area contributed by atoms with Gasteiger partial charge in [0.2, 0.25) is 0 Å². The molecule has 0 N–H and O–H groups in total. The summed E-state index contributed by atoms with van der Waals surface area (Å²) in [6.07, 6.45) is 1.56. The molecular weight excluding hydrogens is 128 g/mol. The molecule has 50 valence electrons. The second-order valence-corrected chi connectivity index (χ2v) is 2.08. The first kappa shape index (κ1) is 5.29. The molecule has 0 aliphatic carbocycles. The summed E-state index contributed by atoms with van der Waals surface area (Å²) in [5, 5.41) is 15.2. The van der Waals surface area contributed by atoms with Gasteiger partial charge in [-0.1, -0.05) is 18.2 Å². The fraction of sp³-hybridized carbons (Fsp3) is 0. The van der Waals surface area contributed by atoms with Crippen LogP contribution in [0.4, 0.5) is 0 Å². The van der Waals surface area contributed by atoms with Gasteiger partial charge in [-0.15, -0.1) is 0 Å². The highest BCUT2D eigenvalue weighted by atomic mass is 16.5. The number of fused-ring (bicyclic) bond motifs is 1. The fourth-order valence-corrected chi connectivity index (χ4v) is 0.948. The van der Waals surface area contributed by atoms with Gasteiger partial charge < -0.3 is 5.21 Å². The summed E-state index contributed by atoms with van der Waals surface area (Å²) in [5.41, 5.74) is 0.627. The van der Waals surface area contributed by atoms with Crippen molar-refractivity contribution < 1.29 is 0 Å². The topological polar surface area (TPSA) is 40.9 Å². The van der Waals surface area contributed by atoms with Crippen molar-refractivity contribution in [3.63, 3.8) is 0 Å². The van der Waals surface area contributed by atoms with Crippen molar-refractivity contribution in [3.05, 3.63) is 35.7 Å². The van der Waals surface area contributed by atoms with E-state index >= 15 is 0 Å². The zero-order valence-corrected chi connectivity index (χ0v) is 5.19. The Morgan fingerprint density at radius 1 is 1.30 bits per heavy atom. The summed E-state index contributed by atoms with van der Waals surface area (Å²) in [4.78, 5) is 0.620. The molecule has 1 aromatic carbocycles. The van der Waals surface area contributed by atoms with Gasteiger partial charge >= 0.3 is 0 Å². The SMILES string of the molecule is [O-]n1ncc2ccccc21. The number of benzene rings is 1. The average molecular weight is 133 g/mol. The Kier molecular flexibility index (Phi) is 0.917. The van der Waals surface area contributed by atoms with Gasteiger partial charge in [0.05, 0.1) is 11.7 Å². The molecule has 0 radical (unpaired) electrons. The predicted octanol–water partition coefficient (Wildman–Crippen LogP) is 1.38. The first-order valence-corrected chi connectivity index (χ1v) is 2.98. The predicted molar refractivity (Wildman–Crippen MR) is 38.5 cm³/mol. The Morgan fingerprint density at radius 2 is 2.10 bits per heavy atom.